The van der Waals surface area contributed by atoms with Crippen molar-refractivity contribution < 1.29 is 19.8 Å². The Labute approximate surface area is 127 Å². The Hall–Kier alpha value is -2.86. The molecule has 0 heterocycles. The second-order valence-corrected chi connectivity index (χ2v) is 4.92. The average molecular weight is 300 g/mol. The number of carbonyl (C=O) groups excluding carboxylic acids is 2. The Morgan fingerprint density at radius 2 is 1.23 bits per heavy atom. The van der Waals surface area contributed by atoms with E-state index in [2.05, 4.69) is 0 Å². The number of para-hydroxylation sites is 2. The number of hydrogen-bond donors (Lipinski definition) is 3. The van der Waals surface area contributed by atoms with Crippen LogP contribution in [0.4, 0.5) is 0 Å². The van der Waals surface area contributed by atoms with Gasteiger partial charge in [0.15, 0.2) is 0 Å². The fourth-order valence-corrected chi connectivity index (χ4v) is 2.01. The van der Waals surface area contributed by atoms with Gasteiger partial charge in [-0.15, -0.1) is 0 Å². The van der Waals surface area contributed by atoms with Crippen molar-refractivity contribution >= 4 is 11.8 Å². The highest BCUT2D eigenvalue weighted by Crippen LogP contribution is 2.25. The number of phenolic OH excluding ortho intramolecular Hbond substituents is 2. The first-order chi connectivity index (χ1) is 10.3. The third-order valence-electron chi connectivity index (χ3n) is 3.37. The first kappa shape index (κ1) is 15.5. The van der Waals surface area contributed by atoms with Crippen LogP contribution in [-0.4, -0.2) is 27.0 Å². The number of hydrogen-bond acceptors (Lipinski definition) is 5. The number of hydrazine groups is 1. The second-order valence-electron chi connectivity index (χ2n) is 4.92. The highest BCUT2D eigenvalue weighted by atomic mass is 16.3. The molecule has 2 aromatic carbocycles. The van der Waals surface area contributed by atoms with Crippen LogP contribution in [0.15, 0.2) is 36.4 Å². The molecule has 0 saturated carbocycles. The molecule has 0 saturated heterocycles. The monoisotopic (exact) mass is 300 g/mol. The highest BCUT2D eigenvalue weighted by molar-refractivity contribution is 6.11. The van der Waals surface area contributed by atoms with Gasteiger partial charge in [0.05, 0.1) is 11.1 Å². The topological polar surface area (TPSA) is 104 Å². The zero-order valence-electron chi connectivity index (χ0n) is 12.2. The number of nitrogens with two attached hydrogens (primary N) is 1. The minimum absolute atomic E-state index is 0.0806. The number of imide groups is 1. The van der Waals surface area contributed by atoms with Gasteiger partial charge in [-0.2, -0.15) is 0 Å². The predicted molar refractivity (Wildman–Crippen MR) is 80.4 cm³/mol. The molecule has 0 unspecified atom stereocenters. The van der Waals surface area contributed by atoms with Crippen molar-refractivity contribution in [2.75, 3.05) is 0 Å². The van der Waals surface area contributed by atoms with E-state index in [0.717, 1.165) is 0 Å². The molecule has 0 bridgehead atoms. The zero-order chi connectivity index (χ0) is 16.4. The van der Waals surface area contributed by atoms with Crippen LogP contribution in [0.25, 0.3) is 0 Å². The van der Waals surface area contributed by atoms with Gasteiger partial charge in [-0.25, -0.2) is 10.9 Å². The van der Waals surface area contributed by atoms with E-state index in [-0.39, 0.29) is 22.6 Å². The fourth-order valence-electron chi connectivity index (χ4n) is 2.01. The van der Waals surface area contributed by atoms with Crippen molar-refractivity contribution in [2.24, 2.45) is 5.84 Å². The maximum absolute atomic E-state index is 12.3. The summed E-state index contributed by atoms with van der Waals surface area (Å²) >= 11 is 0. The first-order valence-corrected chi connectivity index (χ1v) is 6.55. The van der Waals surface area contributed by atoms with Gasteiger partial charge in [0, 0.05) is 0 Å². The number of aromatic hydroxyl groups is 2. The van der Waals surface area contributed by atoms with Crippen molar-refractivity contribution in [3.8, 4) is 11.5 Å². The van der Waals surface area contributed by atoms with E-state index in [0.29, 0.717) is 16.1 Å². The number of rotatable bonds is 2. The Balaban J connectivity index is 2.37. The molecule has 6 heteroatoms. The van der Waals surface area contributed by atoms with Gasteiger partial charge in [-0.05, 0) is 37.1 Å². The van der Waals surface area contributed by atoms with Gasteiger partial charge < -0.3 is 10.2 Å². The average Bonchev–Trinajstić information content (AvgIpc) is 2.50. The summed E-state index contributed by atoms with van der Waals surface area (Å²) in [5.41, 5.74) is 0.821. The van der Waals surface area contributed by atoms with Gasteiger partial charge in [-0.3, -0.25) is 9.59 Å². The molecule has 0 aliphatic heterocycles. The summed E-state index contributed by atoms with van der Waals surface area (Å²) < 4.78 is 0. The lowest BCUT2D eigenvalue weighted by Gasteiger charge is -2.17. The SMILES string of the molecule is Cc1cccc(C(=O)N(N)C(=O)c2cccc(C)c2O)c1O. The van der Waals surface area contributed by atoms with E-state index < -0.39 is 11.8 Å². The second kappa shape index (κ2) is 5.87. The minimum atomic E-state index is -0.855. The summed E-state index contributed by atoms with van der Waals surface area (Å²) in [4.78, 5) is 24.5. The Bertz CT molecular complexity index is 692. The molecule has 22 heavy (non-hydrogen) atoms. The van der Waals surface area contributed by atoms with Crippen molar-refractivity contribution in [2.45, 2.75) is 13.8 Å². The third kappa shape index (κ3) is 2.64. The van der Waals surface area contributed by atoms with E-state index in [4.69, 9.17) is 5.84 Å². The van der Waals surface area contributed by atoms with Crippen molar-refractivity contribution in [3.63, 3.8) is 0 Å². The molecule has 0 radical (unpaired) electrons. The van der Waals surface area contributed by atoms with Gasteiger partial charge in [0.25, 0.3) is 11.8 Å². The van der Waals surface area contributed by atoms with Crippen LogP contribution in [0, 0.1) is 13.8 Å². The summed E-state index contributed by atoms with van der Waals surface area (Å²) in [5, 5.41) is 20.2. The largest absolute Gasteiger partial charge is 0.507 e. The molecule has 0 atom stereocenters. The molecule has 4 N–H and O–H groups in total. The molecule has 0 aliphatic rings. The normalized spacial score (nSPS) is 10.3. The minimum Gasteiger partial charge on any atom is -0.507 e. The van der Waals surface area contributed by atoms with E-state index in [1.807, 2.05) is 0 Å². The van der Waals surface area contributed by atoms with E-state index in [1.165, 1.54) is 12.1 Å². The molecule has 0 aliphatic carbocycles. The zero-order valence-corrected chi connectivity index (χ0v) is 12.2. The molecule has 0 aromatic heterocycles. The standard InChI is InChI=1S/C16H16N2O4/c1-9-5-3-7-11(13(9)19)15(21)18(17)16(22)12-8-4-6-10(2)14(12)20/h3-8,19-20H,17H2,1-2H3. The van der Waals surface area contributed by atoms with Crippen molar-refractivity contribution in [3.05, 3.63) is 58.7 Å². The maximum Gasteiger partial charge on any atom is 0.278 e. The Morgan fingerprint density at radius 3 is 1.59 bits per heavy atom. The molecule has 6 nitrogen and oxygen atoms in total. The van der Waals surface area contributed by atoms with Gasteiger partial charge >= 0.3 is 0 Å². The molecule has 0 spiro atoms. The molecular weight excluding hydrogens is 284 g/mol. The highest BCUT2D eigenvalue weighted by Gasteiger charge is 2.25. The number of carbonyl (C=O) groups is 2. The van der Waals surface area contributed by atoms with Crippen LogP contribution in [-0.2, 0) is 0 Å². The van der Waals surface area contributed by atoms with E-state index >= 15 is 0 Å². The quantitative estimate of drug-likeness (QED) is 0.340. The number of nitrogens with zero attached hydrogens (tertiary/aromatic N) is 1. The van der Waals surface area contributed by atoms with Crippen molar-refractivity contribution in [1.29, 1.82) is 0 Å². The van der Waals surface area contributed by atoms with Crippen LogP contribution >= 0.6 is 0 Å². The molecule has 2 aromatic rings. The van der Waals surface area contributed by atoms with Gasteiger partial charge in [-0.1, -0.05) is 24.3 Å². The summed E-state index contributed by atoms with van der Waals surface area (Å²) in [6.07, 6.45) is 0. The summed E-state index contributed by atoms with van der Waals surface area (Å²) in [5.74, 6) is 3.40. The molecule has 2 amide bonds. The molecule has 114 valence electrons. The van der Waals surface area contributed by atoms with Crippen LogP contribution in [0.2, 0.25) is 0 Å². The fraction of sp³-hybridized carbons (Fsp3) is 0.125. The van der Waals surface area contributed by atoms with Crippen molar-refractivity contribution in [1.82, 2.24) is 5.01 Å². The lowest BCUT2D eigenvalue weighted by Crippen LogP contribution is -2.42. The lowest BCUT2D eigenvalue weighted by atomic mass is 10.1. The molecule has 0 fully saturated rings. The van der Waals surface area contributed by atoms with Gasteiger partial charge in [0.2, 0.25) is 0 Å². The van der Waals surface area contributed by atoms with Gasteiger partial charge in [0.1, 0.15) is 11.5 Å². The Morgan fingerprint density at radius 1 is 0.864 bits per heavy atom. The third-order valence-corrected chi connectivity index (χ3v) is 3.37. The summed E-state index contributed by atoms with van der Waals surface area (Å²) in [7, 11) is 0. The number of benzene rings is 2. The predicted octanol–water partition coefficient (Wildman–Crippen LogP) is 1.87. The van der Waals surface area contributed by atoms with Crippen LogP contribution in [0.5, 0.6) is 11.5 Å². The molecular formula is C16H16N2O4. The Kier molecular flexibility index (Phi) is 4.14. The number of aryl methyl sites for hydroxylation is 2. The number of amides is 2. The van der Waals surface area contributed by atoms with E-state index in [1.54, 1.807) is 38.1 Å². The van der Waals surface area contributed by atoms with E-state index in [9.17, 15) is 19.8 Å². The maximum atomic E-state index is 12.3. The van der Waals surface area contributed by atoms with Crippen LogP contribution in [0.1, 0.15) is 31.8 Å². The summed E-state index contributed by atoms with van der Waals surface area (Å²) in [6, 6.07) is 9.14. The smallest absolute Gasteiger partial charge is 0.278 e. The lowest BCUT2D eigenvalue weighted by molar-refractivity contribution is 0.0612. The molecule has 2 rings (SSSR count). The summed E-state index contributed by atoms with van der Waals surface area (Å²) in [6.45, 7) is 3.25. The first-order valence-electron chi connectivity index (χ1n) is 6.55. The van der Waals surface area contributed by atoms with Crippen LogP contribution in [0.3, 0.4) is 0 Å². The number of phenols is 2. The van der Waals surface area contributed by atoms with Crippen LogP contribution < -0.4 is 5.84 Å².